The first-order chi connectivity index (χ1) is 14.0. The standard InChI is InChI=1S/C23H28N4OS/c1-15-8-10-27(11-9-15)21(22-5-4-12-29-22)14-24-23(28)18-6-7-19-20(13-18)26-17(3)16(2)25-19/h4-7,12-13,15,21H,8-11,14H2,1-3H3,(H,24,28). The van der Waals surface area contributed by atoms with Gasteiger partial charge in [-0.2, -0.15) is 0 Å². The maximum atomic E-state index is 12.9. The lowest BCUT2D eigenvalue weighted by Crippen LogP contribution is -2.41. The summed E-state index contributed by atoms with van der Waals surface area (Å²) in [6.45, 7) is 9.01. The number of nitrogens with one attached hydrogen (secondary N) is 1. The van der Waals surface area contributed by atoms with Crippen LogP contribution in [-0.4, -0.2) is 40.4 Å². The van der Waals surface area contributed by atoms with Crippen LogP contribution in [0.2, 0.25) is 0 Å². The van der Waals surface area contributed by atoms with Crippen LogP contribution >= 0.6 is 11.3 Å². The number of rotatable bonds is 5. The highest BCUT2D eigenvalue weighted by atomic mass is 32.1. The fourth-order valence-corrected chi connectivity index (χ4v) is 4.75. The number of hydrogen-bond acceptors (Lipinski definition) is 5. The Morgan fingerprint density at radius 2 is 1.90 bits per heavy atom. The van der Waals surface area contributed by atoms with Crippen molar-refractivity contribution in [3.8, 4) is 0 Å². The molecule has 1 aliphatic rings. The van der Waals surface area contributed by atoms with Crippen molar-refractivity contribution in [3.05, 3.63) is 57.5 Å². The van der Waals surface area contributed by atoms with E-state index in [1.165, 1.54) is 17.7 Å². The van der Waals surface area contributed by atoms with Crippen molar-refractivity contribution in [3.63, 3.8) is 0 Å². The largest absolute Gasteiger partial charge is 0.350 e. The third-order valence-corrected chi connectivity index (χ3v) is 6.90. The molecule has 1 unspecified atom stereocenters. The van der Waals surface area contributed by atoms with Gasteiger partial charge in [0.2, 0.25) is 0 Å². The van der Waals surface area contributed by atoms with Gasteiger partial charge in [0.05, 0.1) is 28.5 Å². The summed E-state index contributed by atoms with van der Waals surface area (Å²) in [5.74, 6) is 0.731. The molecule has 1 fully saturated rings. The molecule has 152 valence electrons. The van der Waals surface area contributed by atoms with E-state index in [0.29, 0.717) is 12.1 Å². The Balaban J connectivity index is 1.49. The number of carbonyl (C=O) groups is 1. The molecule has 1 N–H and O–H groups in total. The van der Waals surface area contributed by atoms with E-state index in [0.717, 1.165) is 41.4 Å². The number of carbonyl (C=O) groups excluding carboxylic acids is 1. The summed E-state index contributed by atoms with van der Waals surface area (Å²) in [7, 11) is 0. The van der Waals surface area contributed by atoms with E-state index in [-0.39, 0.29) is 11.9 Å². The van der Waals surface area contributed by atoms with Gasteiger partial charge in [-0.25, -0.2) is 9.97 Å². The molecule has 1 atom stereocenters. The number of aromatic nitrogens is 2. The molecule has 4 rings (SSSR count). The van der Waals surface area contributed by atoms with Gasteiger partial charge in [-0.1, -0.05) is 13.0 Å². The van der Waals surface area contributed by atoms with Crippen molar-refractivity contribution < 1.29 is 4.79 Å². The van der Waals surface area contributed by atoms with Crippen LogP contribution in [0, 0.1) is 19.8 Å². The van der Waals surface area contributed by atoms with Crippen LogP contribution in [0.4, 0.5) is 0 Å². The van der Waals surface area contributed by atoms with Crippen LogP contribution in [0.3, 0.4) is 0 Å². The number of aryl methyl sites for hydroxylation is 2. The second-order valence-corrected chi connectivity index (χ2v) is 9.04. The smallest absolute Gasteiger partial charge is 0.251 e. The van der Waals surface area contributed by atoms with Gasteiger partial charge in [-0.3, -0.25) is 9.69 Å². The average molecular weight is 409 g/mol. The minimum atomic E-state index is -0.0566. The maximum absolute atomic E-state index is 12.9. The lowest BCUT2D eigenvalue weighted by molar-refractivity contribution is 0.0915. The molecule has 1 saturated heterocycles. The highest BCUT2D eigenvalue weighted by Crippen LogP contribution is 2.29. The second-order valence-electron chi connectivity index (χ2n) is 8.06. The highest BCUT2D eigenvalue weighted by molar-refractivity contribution is 7.10. The number of thiophene rings is 1. The molecule has 3 heterocycles. The monoisotopic (exact) mass is 408 g/mol. The summed E-state index contributed by atoms with van der Waals surface area (Å²) in [6, 6.07) is 10.1. The lowest BCUT2D eigenvalue weighted by atomic mass is 9.97. The van der Waals surface area contributed by atoms with Crippen molar-refractivity contribution in [1.82, 2.24) is 20.2 Å². The molecular weight excluding hydrogens is 380 g/mol. The van der Waals surface area contributed by atoms with E-state index in [4.69, 9.17) is 0 Å². The van der Waals surface area contributed by atoms with Crippen LogP contribution in [0.5, 0.6) is 0 Å². The Kier molecular flexibility index (Phi) is 5.92. The average Bonchev–Trinajstić information content (AvgIpc) is 3.24. The first-order valence-electron chi connectivity index (χ1n) is 10.3. The van der Waals surface area contributed by atoms with Crippen LogP contribution in [0.15, 0.2) is 35.7 Å². The number of hydrogen-bond donors (Lipinski definition) is 1. The topological polar surface area (TPSA) is 58.1 Å². The summed E-state index contributed by atoms with van der Waals surface area (Å²) < 4.78 is 0. The minimum Gasteiger partial charge on any atom is -0.350 e. The van der Waals surface area contributed by atoms with Gasteiger partial charge in [-0.15, -0.1) is 11.3 Å². The molecule has 6 heteroatoms. The highest BCUT2D eigenvalue weighted by Gasteiger charge is 2.26. The quantitative estimate of drug-likeness (QED) is 0.675. The van der Waals surface area contributed by atoms with E-state index in [9.17, 15) is 4.79 Å². The van der Waals surface area contributed by atoms with Gasteiger partial charge in [0.25, 0.3) is 5.91 Å². The van der Waals surface area contributed by atoms with Crippen molar-refractivity contribution in [1.29, 1.82) is 0 Å². The minimum absolute atomic E-state index is 0.0566. The fraction of sp³-hybridized carbons (Fsp3) is 0.435. The Bertz CT molecular complexity index is 994. The molecule has 1 amide bonds. The number of likely N-dealkylation sites (tertiary alicyclic amines) is 1. The molecule has 0 saturated carbocycles. The molecule has 5 nitrogen and oxygen atoms in total. The van der Waals surface area contributed by atoms with Gasteiger partial charge >= 0.3 is 0 Å². The molecule has 0 bridgehead atoms. The van der Waals surface area contributed by atoms with Gasteiger partial charge in [0, 0.05) is 17.0 Å². The molecule has 2 aromatic heterocycles. The number of piperidine rings is 1. The molecule has 0 spiro atoms. The summed E-state index contributed by atoms with van der Waals surface area (Å²) in [5.41, 5.74) is 4.04. The Morgan fingerprint density at radius 3 is 2.59 bits per heavy atom. The number of benzene rings is 1. The molecule has 0 radical (unpaired) electrons. The summed E-state index contributed by atoms with van der Waals surface area (Å²) in [5, 5.41) is 5.28. The fourth-order valence-electron chi connectivity index (χ4n) is 3.89. The Hall–Kier alpha value is -2.31. The van der Waals surface area contributed by atoms with Crippen molar-refractivity contribution in [2.45, 2.75) is 39.7 Å². The van der Waals surface area contributed by atoms with Crippen molar-refractivity contribution in [2.24, 2.45) is 5.92 Å². The zero-order chi connectivity index (χ0) is 20.4. The molecule has 0 aliphatic carbocycles. The van der Waals surface area contributed by atoms with Gasteiger partial charge in [0.15, 0.2) is 0 Å². The Morgan fingerprint density at radius 1 is 1.17 bits per heavy atom. The van der Waals surface area contributed by atoms with Crippen molar-refractivity contribution >= 4 is 28.3 Å². The summed E-state index contributed by atoms with van der Waals surface area (Å²) in [6.07, 6.45) is 2.44. The third-order valence-electron chi connectivity index (χ3n) is 5.92. The number of nitrogens with zero attached hydrogens (tertiary/aromatic N) is 3. The molecule has 29 heavy (non-hydrogen) atoms. The summed E-state index contributed by atoms with van der Waals surface area (Å²) in [4.78, 5) is 25.8. The predicted octanol–water partition coefficient (Wildman–Crippen LogP) is 4.51. The van der Waals surface area contributed by atoms with E-state index in [2.05, 4.69) is 44.6 Å². The number of amides is 1. The predicted molar refractivity (Wildman–Crippen MR) is 118 cm³/mol. The maximum Gasteiger partial charge on any atom is 0.251 e. The zero-order valence-electron chi connectivity index (χ0n) is 17.3. The molecule has 3 aromatic rings. The Labute approximate surface area is 176 Å². The van der Waals surface area contributed by atoms with Crippen LogP contribution in [-0.2, 0) is 0 Å². The van der Waals surface area contributed by atoms with Gasteiger partial charge in [0.1, 0.15) is 0 Å². The van der Waals surface area contributed by atoms with Gasteiger partial charge < -0.3 is 5.32 Å². The molecular formula is C23H28N4OS. The van der Waals surface area contributed by atoms with E-state index < -0.39 is 0 Å². The van der Waals surface area contributed by atoms with E-state index in [1.54, 1.807) is 11.3 Å². The van der Waals surface area contributed by atoms with E-state index in [1.807, 2.05) is 32.0 Å². The van der Waals surface area contributed by atoms with Crippen LogP contribution < -0.4 is 5.32 Å². The third kappa shape index (κ3) is 4.49. The number of fused-ring (bicyclic) bond motifs is 1. The van der Waals surface area contributed by atoms with E-state index >= 15 is 0 Å². The SMILES string of the molecule is Cc1nc2ccc(C(=O)NCC(c3cccs3)N3CCC(C)CC3)cc2nc1C. The van der Waals surface area contributed by atoms with Crippen LogP contribution in [0.25, 0.3) is 11.0 Å². The van der Waals surface area contributed by atoms with Crippen molar-refractivity contribution in [2.75, 3.05) is 19.6 Å². The zero-order valence-corrected chi connectivity index (χ0v) is 18.1. The summed E-state index contributed by atoms with van der Waals surface area (Å²) >= 11 is 1.77. The van der Waals surface area contributed by atoms with Gasteiger partial charge in [-0.05, 0) is 75.3 Å². The molecule has 1 aromatic carbocycles. The first-order valence-corrected chi connectivity index (χ1v) is 11.2. The molecule has 1 aliphatic heterocycles. The first kappa shape index (κ1) is 20.0. The normalized spacial score (nSPS) is 16.8. The van der Waals surface area contributed by atoms with Crippen LogP contribution in [0.1, 0.15) is 52.4 Å². The second kappa shape index (κ2) is 8.59. The lowest BCUT2D eigenvalue weighted by Gasteiger charge is -2.36.